The lowest BCUT2D eigenvalue weighted by atomic mass is 10.1. The highest BCUT2D eigenvalue weighted by Gasteiger charge is 2.30. The van der Waals surface area contributed by atoms with Gasteiger partial charge in [-0.1, -0.05) is 17.9 Å². The molecule has 7 heteroatoms. The highest BCUT2D eigenvalue weighted by atomic mass is 19.4. The summed E-state index contributed by atoms with van der Waals surface area (Å²) in [5.41, 5.74) is -0.524. The first-order valence-electron chi connectivity index (χ1n) is 7.52. The molecule has 0 saturated carbocycles. The Kier molecular flexibility index (Phi) is 5.75. The molecule has 2 N–H and O–H groups in total. The number of rotatable bonds is 3. The Balaban J connectivity index is 1.85. The van der Waals surface area contributed by atoms with Crippen LogP contribution in [0.3, 0.4) is 0 Å². The molecule has 0 aliphatic rings. The summed E-state index contributed by atoms with van der Waals surface area (Å²) in [5, 5.41) is 5.19. The number of amides is 2. The topological polar surface area (TPSA) is 54.3 Å². The monoisotopic (exact) mass is 350 g/mol. The molecule has 2 rings (SSSR count). The van der Waals surface area contributed by atoms with E-state index in [0.717, 1.165) is 17.9 Å². The van der Waals surface area contributed by atoms with Crippen molar-refractivity contribution < 1.29 is 22.4 Å². The lowest BCUT2D eigenvalue weighted by molar-refractivity contribution is -0.137. The number of carbonyl (C=O) groups excluding carboxylic acids is 1. The van der Waals surface area contributed by atoms with E-state index in [1.807, 2.05) is 0 Å². The zero-order chi connectivity index (χ0) is 18.4. The van der Waals surface area contributed by atoms with Gasteiger partial charge >= 0.3 is 12.2 Å². The summed E-state index contributed by atoms with van der Waals surface area (Å²) in [6.45, 7) is 3.58. The van der Waals surface area contributed by atoms with Gasteiger partial charge in [-0.15, -0.1) is 0 Å². The van der Waals surface area contributed by atoms with E-state index >= 15 is 0 Å². The van der Waals surface area contributed by atoms with Crippen molar-refractivity contribution in [3.8, 4) is 11.8 Å². The van der Waals surface area contributed by atoms with Crippen LogP contribution in [0.1, 0.15) is 35.6 Å². The number of halogens is 3. The van der Waals surface area contributed by atoms with Gasteiger partial charge in [-0.3, -0.25) is 0 Å². The second kappa shape index (κ2) is 7.79. The van der Waals surface area contributed by atoms with Crippen molar-refractivity contribution in [2.45, 2.75) is 26.1 Å². The van der Waals surface area contributed by atoms with Crippen molar-refractivity contribution in [2.75, 3.05) is 6.54 Å². The van der Waals surface area contributed by atoms with Gasteiger partial charge in [-0.05, 0) is 44.2 Å². The molecule has 25 heavy (non-hydrogen) atoms. The number of benzene rings is 1. The molecule has 0 fully saturated rings. The minimum Gasteiger partial charge on any atom is -0.464 e. The van der Waals surface area contributed by atoms with Crippen molar-refractivity contribution in [1.29, 1.82) is 0 Å². The van der Waals surface area contributed by atoms with Gasteiger partial charge < -0.3 is 15.1 Å². The van der Waals surface area contributed by atoms with Crippen molar-refractivity contribution >= 4 is 6.03 Å². The molecule has 0 saturated heterocycles. The second-order valence-electron chi connectivity index (χ2n) is 5.38. The maximum absolute atomic E-state index is 12.6. The van der Waals surface area contributed by atoms with Gasteiger partial charge in [0.1, 0.15) is 11.5 Å². The average Bonchev–Trinajstić information content (AvgIpc) is 2.98. The van der Waals surface area contributed by atoms with Gasteiger partial charge in [0.2, 0.25) is 0 Å². The van der Waals surface area contributed by atoms with E-state index in [0.29, 0.717) is 5.76 Å². The fraction of sp³-hybridized carbons (Fsp3) is 0.278. The Labute approximate surface area is 143 Å². The van der Waals surface area contributed by atoms with E-state index < -0.39 is 17.8 Å². The zero-order valence-corrected chi connectivity index (χ0v) is 13.7. The smallest absolute Gasteiger partial charge is 0.416 e. The molecule has 0 aliphatic carbocycles. The van der Waals surface area contributed by atoms with E-state index in [1.54, 1.807) is 26.0 Å². The lowest BCUT2D eigenvalue weighted by Gasteiger charge is -2.11. The zero-order valence-electron chi connectivity index (χ0n) is 13.7. The van der Waals surface area contributed by atoms with Gasteiger partial charge in [0.25, 0.3) is 0 Å². The summed E-state index contributed by atoms with van der Waals surface area (Å²) in [7, 11) is 0. The van der Waals surface area contributed by atoms with E-state index in [2.05, 4.69) is 22.5 Å². The van der Waals surface area contributed by atoms with Crippen LogP contribution in [-0.2, 0) is 6.18 Å². The maximum Gasteiger partial charge on any atom is 0.416 e. The molecular formula is C18H17F3N2O2. The summed E-state index contributed by atoms with van der Waals surface area (Å²) in [4.78, 5) is 11.8. The van der Waals surface area contributed by atoms with Crippen LogP contribution in [0.2, 0.25) is 0 Å². The summed E-state index contributed by atoms with van der Waals surface area (Å²) >= 11 is 0. The van der Waals surface area contributed by atoms with Crippen molar-refractivity contribution in [3.63, 3.8) is 0 Å². The Hall–Kier alpha value is -2.88. The summed E-state index contributed by atoms with van der Waals surface area (Å²) in [6.07, 6.45) is -4.41. The average molecular weight is 350 g/mol. The third-order valence-corrected chi connectivity index (χ3v) is 3.30. The molecule has 1 unspecified atom stereocenters. The summed E-state index contributed by atoms with van der Waals surface area (Å²) in [5.74, 6) is 6.58. The molecular weight excluding hydrogens is 333 g/mol. The number of carbonyl (C=O) groups is 1. The van der Waals surface area contributed by atoms with Crippen LogP contribution in [0.4, 0.5) is 18.0 Å². The van der Waals surface area contributed by atoms with Crippen LogP contribution >= 0.6 is 0 Å². The summed E-state index contributed by atoms with van der Waals surface area (Å²) in [6, 6.07) is 7.52. The number of nitrogens with one attached hydrogen (secondary N) is 2. The lowest BCUT2D eigenvalue weighted by Crippen LogP contribution is -2.37. The third-order valence-electron chi connectivity index (χ3n) is 3.30. The molecule has 1 aromatic heterocycles. The molecule has 1 aromatic carbocycles. The first kappa shape index (κ1) is 18.5. The van der Waals surface area contributed by atoms with Crippen molar-refractivity contribution in [1.82, 2.24) is 10.6 Å². The van der Waals surface area contributed by atoms with E-state index in [1.165, 1.54) is 12.1 Å². The Morgan fingerprint density at radius 3 is 2.68 bits per heavy atom. The highest BCUT2D eigenvalue weighted by molar-refractivity contribution is 5.74. The first-order chi connectivity index (χ1) is 11.8. The van der Waals surface area contributed by atoms with Gasteiger partial charge in [-0.25, -0.2) is 4.79 Å². The normalized spacial score (nSPS) is 12.0. The first-order valence-corrected chi connectivity index (χ1v) is 7.52. The minimum absolute atomic E-state index is 0.00593. The van der Waals surface area contributed by atoms with Crippen molar-refractivity contribution in [2.24, 2.45) is 0 Å². The van der Waals surface area contributed by atoms with E-state index in [9.17, 15) is 18.0 Å². The van der Waals surface area contributed by atoms with Crippen LogP contribution in [0, 0.1) is 18.8 Å². The van der Waals surface area contributed by atoms with Crippen LogP contribution in [-0.4, -0.2) is 12.6 Å². The number of hydrogen-bond acceptors (Lipinski definition) is 2. The molecule has 1 atom stereocenters. The highest BCUT2D eigenvalue weighted by Crippen LogP contribution is 2.29. The van der Waals surface area contributed by atoms with Crippen LogP contribution in [0.15, 0.2) is 40.8 Å². The van der Waals surface area contributed by atoms with E-state index in [-0.39, 0.29) is 18.2 Å². The van der Waals surface area contributed by atoms with Crippen LogP contribution in [0.5, 0.6) is 0 Å². The largest absolute Gasteiger partial charge is 0.464 e. The number of hydrogen-bond donors (Lipinski definition) is 2. The molecule has 0 bridgehead atoms. The Morgan fingerprint density at radius 2 is 2.04 bits per heavy atom. The molecule has 2 amide bonds. The van der Waals surface area contributed by atoms with Gasteiger partial charge in [0.05, 0.1) is 18.2 Å². The third kappa shape index (κ3) is 5.60. The standard InChI is InChI=1S/C18H17F3N2O2/c1-12-8-9-16(25-12)13(2)23-17(24)22-10-4-6-14-5-3-7-15(11-14)18(19,20)21/h3,5,7-9,11,13H,10H2,1-2H3,(H2,22,23,24). The SMILES string of the molecule is Cc1ccc(C(C)NC(=O)NCC#Cc2cccc(C(F)(F)F)c2)o1. The van der Waals surface area contributed by atoms with Gasteiger partial charge in [0.15, 0.2) is 0 Å². The molecule has 1 heterocycles. The fourth-order valence-electron chi connectivity index (χ4n) is 2.05. The second-order valence-corrected chi connectivity index (χ2v) is 5.38. The summed E-state index contributed by atoms with van der Waals surface area (Å²) < 4.78 is 43.2. The predicted molar refractivity (Wildman–Crippen MR) is 86.7 cm³/mol. The molecule has 132 valence electrons. The molecule has 0 spiro atoms. The van der Waals surface area contributed by atoms with Crippen LogP contribution < -0.4 is 10.6 Å². The quantitative estimate of drug-likeness (QED) is 0.822. The molecule has 0 radical (unpaired) electrons. The van der Waals surface area contributed by atoms with E-state index in [4.69, 9.17) is 4.42 Å². The number of urea groups is 1. The Morgan fingerprint density at radius 1 is 1.28 bits per heavy atom. The Bertz CT molecular complexity index is 800. The number of aryl methyl sites for hydroxylation is 1. The fourth-order valence-corrected chi connectivity index (χ4v) is 2.05. The van der Waals surface area contributed by atoms with Gasteiger partial charge in [0, 0.05) is 5.56 Å². The van der Waals surface area contributed by atoms with Crippen LogP contribution in [0.25, 0.3) is 0 Å². The molecule has 0 aliphatic heterocycles. The number of furan rings is 1. The number of alkyl halides is 3. The molecule has 2 aromatic rings. The van der Waals surface area contributed by atoms with Gasteiger partial charge in [-0.2, -0.15) is 13.2 Å². The van der Waals surface area contributed by atoms with Crippen molar-refractivity contribution in [3.05, 3.63) is 59.0 Å². The maximum atomic E-state index is 12.6. The minimum atomic E-state index is -4.41. The molecule has 4 nitrogen and oxygen atoms in total. The predicted octanol–water partition coefficient (Wildman–Crippen LogP) is 4.02.